The molecule has 0 aromatic rings. The van der Waals surface area contributed by atoms with Gasteiger partial charge in [-0.25, -0.2) is 0 Å². The Morgan fingerprint density at radius 1 is 1.80 bits per heavy atom. The Balaban J connectivity index is 2.78. The molecule has 0 aromatic heterocycles. The third-order valence-electron chi connectivity index (χ3n) is 1.49. The van der Waals surface area contributed by atoms with Crippen LogP contribution in [-0.2, 0) is 4.79 Å². The average Bonchev–Trinajstić information content (AvgIpc) is 2.30. The molecule has 0 heterocycles. The van der Waals surface area contributed by atoms with Gasteiger partial charge in [-0.15, -0.1) is 0 Å². The molecule has 0 aromatic carbocycles. The number of allylic oxidation sites excluding steroid dienone is 2. The van der Waals surface area contributed by atoms with Gasteiger partial charge < -0.3 is 5.11 Å². The highest BCUT2D eigenvalue weighted by Gasteiger charge is 2.14. The second kappa shape index (κ2) is 2.84. The molecule has 1 rings (SSSR count). The van der Waals surface area contributed by atoms with Gasteiger partial charge in [-0.05, 0) is 0 Å². The summed E-state index contributed by atoms with van der Waals surface area (Å²) in [6.07, 6.45) is 3.97. The Hall–Kier alpha value is -0.825. The van der Waals surface area contributed by atoms with Crippen molar-refractivity contribution in [2.24, 2.45) is 5.92 Å². The minimum Gasteiger partial charge on any atom is -0.395 e. The van der Waals surface area contributed by atoms with Crippen LogP contribution in [0.15, 0.2) is 23.2 Å². The highest BCUT2D eigenvalue weighted by Crippen LogP contribution is 2.19. The van der Waals surface area contributed by atoms with Crippen LogP contribution in [-0.4, -0.2) is 25.8 Å². The smallest absolute Gasteiger partial charge is 0.146 e. The van der Waals surface area contributed by atoms with Crippen molar-refractivity contribution < 1.29 is 9.90 Å². The molecule has 0 amide bonds. The Bertz CT molecular complexity index is 206. The summed E-state index contributed by atoms with van der Waals surface area (Å²) < 4.78 is 0. The second-order valence-electron chi connectivity index (χ2n) is 2.22. The Labute approximate surface area is 60.7 Å². The van der Waals surface area contributed by atoms with Crippen LogP contribution in [0.2, 0.25) is 0 Å². The van der Waals surface area contributed by atoms with Crippen LogP contribution in [0, 0.1) is 5.92 Å². The Kier molecular flexibility index (Phi) is 2.07. The highest BCUT2D eigenvalue weighted by atomic mass is 16.3. The standard InChI is InChI=1S/C7H7BO2/c8-7-1-5(3-9)6(2-7)4-10/h1-3,6,10H,4H2/t6-/m1/s1. The van der Waals surface area contributed by atoms with Gasteiger partial charge >= 0.3 is 0 Å². The molecule has 0 saturated carbocycles. The summed E-state index contributed by atoms with van der Waals surface area (Å²) >= 11 is 0. The second-order valence-corrected chi connectivity index (χ2v) is 2.22. The molecule has 1 aliphatic rings. The van der Waals surface area contributed by atoms with E-state index in [2.05, 4.69) is 0 Å². The number of hydrogen-bond donors (Lipinski definition) is 1. The van der Waals surface area contributed by atoms with E-state index >= 15 is 0 Å². The first-order valence-electron chi connectivity index (χ1n) is 3.03. The average molecular weight is 134 g/mol. The molecule has 0 aliphatic heterocycles. The molecule has 2 radical (unpaired) electrons. The fourth-order valence-electron chi connectivity index (χ4n) is 0.956. The van der Waals surface area contributed by atoms with E-state index in [1.807, 2.05) is 0 Å². The summed E-state index contributed by atoms with van der Waals surface area (Å²) in [6, 6.07) is 0. The molecule has 0 spiro atoms. The summed E-state index contributed by atoms with van der Waals surface area (Å²) in [7, 11) is 5.38. The molecule has 0 unspecified atom stereocenters. The lowest BCUT2D eigenvalue weighted by Gasteiger charge is -2.01. The van der Waals surface area contributed by atoms with E-state index in [4.69, 9.17) is 13.0 Å². The minimum absolute atomic E-state index is 0.0503. The molecule has 0 saturated heterocycles. The van der Waals surface area contributed by atoms with Gasteiger partial charge in [0.05, 0.1) is 6.61 Å². The van der Waals surface area contributed by atoms with Crippen LogP contribution >= 0.6 is 0 Å². The molecule has 1 N–H and O–H groups in total. The van der Waals surface area contributed by atoms with Crippen molar-refractivity contribution in [3.05, 3.63) is 23.2 Å². The number of aldehydes is 1. The fourth-order valence-corrected chi connectivity index (χ4v) is 0.956. The van der Waals surface area contributed by atoms with Crippen molar-refractivity contribution in [2.75, 3.05) is 6.61 Å². The number of rotatable bonds is 2. The molecule has 0 bridgehead atoms. The number of hydrogen-bond acceptors (Lipinski definition) is 2. The number of carbonyl (C=O) groups is 1. The van der Waals surface area contributed by atoms with Crippen molar-refractivity contribution in [3.8, 4) is 0 Å². The lowest BCUT2D eigenvalue weighted by molar-refractivity contribution is -0.105. The zero-order valence-electron chi connectivity index (χ0n) is 5.45. The zero-order chi connectivity index (χ0) is 7.56. The molecular formula is C7H7BO2. The van der Waals surface area contributed by atoms with Gasteiger partial charge in [0.2, 0.25) is 0 Å². The molecular weight excluding hydrogens is 127 g/mol. The van der Waals surface area contributed by atoms with E-state index in [9.17, 15) is 4.79 Å². The van der Waals surface area contributed by atoms with Crippen LogP contribution in [0.25, 0.3) is 0 Å². The van der Waals surface area contributed by atoms with Crippen molar-refractivity contribution in [3.63, 3.8) is 0 Å². The van der Waals surface area contributed by atoms with Gasteiger partial charge in [-0.2, -0.15) is 0 Å². The summed E-state index contributed by atoms with van der Waals surface area (Å²) in [5, 5.41) is 8.69. The SMILES string of the molecule is [B]C1=C[C@H](CO)C(C=O)=C1. The molecule has 0 fully saturated rings. The van der Waals surface area contributed by atoms with E-state index in [-0.39, 0.29) is 12.5 Å². The number of carbonyl (C=O) groups excluding carboxylic acids is 1. The molecule has 1 aliphatic carbocycles. The summed E-state index contributed by atoms with van der Waals surface area (Å²) in [4.78, 5) is 10.3. The maximum atomic E-state index is 10.3. The van der Waals surface area contributed by atoms with Gasteiger partial charge in [0.1, 0.15) is 14.1 Å². The van der Waals surface area contributed by atoms with Crippen molar-refractivity contribution in [2.45, 2.75) is 0 Å². The van der Waals surface area contributed by atoms with Crippen LogP contribution < -0.4 is 0 Å². The number of aliphatic hydroxyl groups excluding tert-OH is 1. The third kappa shape index (κ3) is 1.19. The fraction of sp³-hybridized carbons (Fsp3) is 0.286. The van der Waals surface area contributed by atoms with Crippen LogP contribution in [0.4, 0.5) is 0 Å². The first-order chi connectivity index (χ1) is 4.77. The minimum atomic E-state index is -0.183. The summed E-state index contributed by atoms with van der Waals surface area (Å²) in [5.74, 6) is -0.183. The summed E-state index contributed by atoms with van der Waals surface area (Å²) in [6.45, 7) is -0.0503. The zero-order valence-corrected chi connectivity index (χ0v) is 5.45. The normalized spacial score (nSPS) is 23.9. The third-order valence-corrected chi connectivity index (χ3v) is 1.49. The van der Waals surface area contributed by atoms with Gasteiger partial charge in [0, 0.05) is 11.5 Å². The first-order valence-corrected chi connectivity index (χ1v) is 3.03. The largest absolute Gasteiger partial charge is 0.395 e. The molecule has 1 atom stereocenters. The highest BCUT2D eigenvalue weighted by molar-refractivity contribution is 6.24. The monoisotopic (exact) mass is 134 g/mol. The van der Waals surface area contributed by atoms with Gasteiger partial charge in [-0.1, -0.05) is 17.6 Å². The quantitative estimate of drug-likeness (QED) is 0.419. The molecule has 50 valence electrons. The van der Waals surface area contributed by atoms with Crippen molar-refractivity contribution in [1.82, 2.24) is 0 Å². The van der Waals surface area contributed by atoms with Crippen LogP contribution in [0.5, 0.6) is 0 Å². The first kappa shape index (κ1) is 7.28. The predicted octanol–water partition coefficient (Wildman–Crippen LogP) is -0.214. The lowest BCUT2D eigenvalue weighted by atomic mass is 9.97. The maximum absolute atomic E-state index is 10.3. The lowest BCUT2D eigenvalue weighted by Crippen LogP contribution is -2.03. The predicted molar refractivity (Wildman–Crippen MR) is 38.6 cm³/mol. The van der Waals surface area contributed by atoms with Crippen molar-refractivity contribution >= 4 is 14.1 Å². The van der Waals surface area contributed by atoms with E-state index in [1.54, 1.807) is 12.2 Å². The molecule has 2 nitrogen and oxygen atoms in total. The Morgan fingerprint density at radius 2 is 2.50 bits per heavy atom. The van der Waals surface area contributed by atoms with Crippen LogP contribution in [0.3, 0.4) is 0 Å². The van der Waals surface area contributed by atoms with Gasteiger partial charge in [0.25, 0.3) is 0 Å². The van der Waals surface area contributed by atoms with Crippen molar-refractivity contribution in [1.29, 1.82) is 0 Å². The van der Waals surface area contributed by atoms with E-state index in [1.165, 1.54) is 0 Å². The van der Waals surface area contributed by atoms with Crippen LogP contribution in [0.1, 0.15) is 0 Å². The topological polar surface area (TPSA) is 37.3 Å². The summed E-state index contributed by atoms with van der Waals surface area (Å²) in [5.41, 5.74) is 1.11. The van der Waals surface area contributed by atoms with E-state index in [0.717, 1.165) is 6.29 Å². The Morgan fingerprint density at radius 3 is 2.90 bits per heavy atom. The molecule has 3 heteroatoms. The van der Waals surface area contributed by atoms with E-state index in [0.29, 0.717) is 11.0 Å². The maximum Gasteiger partial charge on any atom is 0.146 e. The van der Waals surface area contributed by atoms with E-state index < -0.39 is 0 Å². The van der Waals surface area contributed by atoms with Gasteiger partial charge in [0.15, 0.2) is 0 Å². The van der Waals surface area contributed by atoms with Gasteiger partial charge in [-0.3, -0.25) is 4.79 Å². The molecule has 10 heavy (non-hydrogen) atoms. The number of aliphatic hydroxyl groups is 1.